The van der Waals surface area contributed by atoms with E-state index >= 15 is 0 Å². The Morgan fingerprint density at radius 2 is 1.84 bits per heavy atom. The van der Waals surface area contributed by atoms with Gasteiger partial charge in [0.05, 0.1) is 0 Å². The maximum Gasteiger partial charge on any atom is 0.166 e. The van der Waals surface area contributed by atoms with Crippen LogP contribution >= 0.6 is 0 Å². The number of nitrogens with two attached hydrogens (primary N) is 1. The van der Waals surface area contributed by atoms with E-state index in [2.05, 4.69) is 33.0 Å². The molecule has 0 spiro atoms. The molecule has 0 amide bonds. The monoisotopic (exact) mass is 250 g/mol. The normalized spacial score (nSPS) is 14.9. The molecule has 0 unspecified atom stereocenters. The van der Waals surface area contributed by atoms with Crippen molar-refractivity contribution >= 4 is 16.5 Å². The molecule has 0 aliphatic heterocycles. The average Bonchev–Trinajstić information content (AvgIpc) is 3.16. The van der Waals surface area contributed by atoms with Crippen LogP contribution in [0.3, 0.4) is 0 Å². The lowest BCUT2D eigenvalue weighted by Gasteiger charge is -2.09. The van der Waals surface area contributed by atoms with E-state index in [9.17, 15) is 0 Å². The molecule has 19 heavy (non-hydrogen) atoms. The second-order valence-electron chi connectivity index (χ2n) is 5.08. The highest BCUT2D eigenvalue weighted by atomic mass is 15.3. The Morgan fingerprint density at radius 3 is 2.58 bits per heavy atom. The van der Waals surface area contributed by atoms with Gasteiger partial charge < -0.3 is 10.3 Å². The Bertz CT molecular complexity index is 756. The van der Waals surface area contributed by atoms with Crippen molar-refractivity contribution in [2.45, 2.75) is 18.9 Å². The van der Waals surface area contributed by atoms with Crippen LogP contribution in [0.1, 0.15) is 18.9 Å². The van der Waals surface area contributed by atoms with Crippen LogP contribution in [0.5, 0.6) is 0 Å². The molecule has 3 aromatic rings. The maximum atomic E-state index is 6.19. The second kappa shape index (κ2) is 3.82. The van der Waals surface area contributed by atoms with Crippen molar-refractivity contribution in [1.29, 1.82) is 0 Å². The lowest BCUT2D eigenvalue weighted by molar-refractivity contribution is 0.746. The molecule has 94 valence electrons. The zero-order valence-corrected chi connectivity index (χ0v) is 10.5. The number of aromatic nitrogens is 3. The minimum atomic E-state index is 0.552. The first-order valence-electron chi connectivity index (χ1n) is 6.51. The minimum Gasteiger partial charge on any atom is -0.398 e. The highest BCUT2D eigenvalue weighted by Crippen LogP contribution is 2.39. The summed E-state index contributed by atoms with van der Waals surface area (Å²) in [4.78, 5) is 0. The number of fused-ring (bicyclic) bond motifs is 1. The largest absolute Gasteiger partial charge is 0.398 e. The van der Waals surface area contributed by atoms with Crippen LogP contribution in [-0.2, 0) is 0 Å². The molecule has 1 heterocycles. The third kappa shape index (κ3) is 1.68. The second-order valence-corrected chi connectivity index (χ2v) is 5.08. The number of rotatable bonds is 2. The molecule has 1 aromatic heterocycles. The van der Waals surface area contributed by atoms with Gasteiger partial charge in [0, 0.05) is 17.3 Å². The topological polar surface area (TPSA) is 56.7 Å². The Kier molecular flexibility index (Phi) is 2.12. The van der Waals surface area contributed by atoms with Gasteiger partial charge in [-0.2, -0.15) is 0 Å². The van der Waals surface area contributed by atoms with E-state index in [0.717, 1.165) is 22.5 Å². The van der Waals surface area contributed by atoms with Crippen molar-refractivity contribution in [3.8, 4) is 11.4 Å². The molecule has 4 rings (SSSR count). The van der Waals surface area contributed by atoms with E-state index in [0.29, 0.717) is 6.04 Å². The van der Waals surface area contributed by atoms with Gasteiger partial charge in [0.1, 0.15) is 6.33 Å². The van der Waals surface area contributed by atoms with E-state index in [4.69, 9.17) is 5.73 Å². The molecule has 2 aromatic carbocycles. The Balaban J connectivity index is 1.94. The number of benzene rings is 2. The Labute approximate surface area is 110 Å². The van der Waals surface area contributed by atoms with Gasteiger partial charge in [0.25, 0.3) is 0 Å². The molecule has 0 atom stereocenters. The average molecular weight is 250 g/mol. The number of hydrogen-bond acceptors (Lipinski definition) is 3. The van der Waals surface area contributed by atoms with E-state index in [1.165, 1.54) is 18.2 Å². The van der Waals surface area contributed by atoms with Crippen molar-refractivity contribution < 1.29 is 0 Å². The van der Waals surface area contributed by atoms with Gasteiger partial charge in [0.15, 0.2) is 5.82 Å². The molecule has 0 saturated heterocycles. The zero-order valence-electron chi connectivity index (χ0n) is 10.5. The molecule has 0 bridgehead atoms. The Morgan fingerprint density at radius 1 is 1.11 bits per heavy atom. The first kappa shape index (κ1) is 10.6. The number of nitrogens with zero attached hydrogens (tertiary/aromatic N) is 3. The molecular weight excluding hydrogens is 236 g/mol. The summed E-state index contributed by atoms with van der Waals surface area (Å²) in [5.74, 6) is 0.880. The summed E-state index contributed by atoms with van der Waals surface area (Å²) in [6.07, 6.45) is 4.22. The molecule has 1 saturated carbocycles. The van der Waals surface area contributed by atoms with Crippen LogP contribution in [0.4, 0.5) is 5.69 Å². The number of anilines is 1. The molecule has 1 fully saturated rings. The van der Waals surface area contributed by atoms with Crippen LogP contribution in [0.25, 0.3) is 22.2 Å². The minimum absolute atomic E-state index is 0.552. The van der Waals surface area contributed by atoms with Gasteiger partial charge in [-0.3, -0.25) is 0 Å². The summed E-state index contributed by atoms with van der Waals surface area (Å²) in [5, 5.41) is 10.6. The molecule has 0 radical (unpaired) electrons. The van der Waals surface area contributed by atoms with Gasteiger partial charge in [0.2, 0.25) is 0 Å². The lowest BCUT2D eigenvalue weighted by atomic mass is 10.0. The summed E-state index contributed by atoms with van der Waals surface area (Å²) < 4.78 is 2.14. The van der Waals surface area contributed by atoms with E-state index in [1.54, 1.807) is 0 Å². The fourth-order valence-corrected chi connectivity index (χ4v) is 2.51. The molecule has 4 heteroatoms. The van der Waals surface area contributed by atoms with Gasteiger partial charge in [-0.1, -0.05) is 24.3 Å². The van der Waals surface area contributed by atoms with Crippen molar-refractivity contribution in [3.63, 3.8) is 0 Å². The summed E-state index contributed by atoms with van der Waals surface area (Å²) >= 11 is 0. The lowest BCUT2D eigenvalue weighted by Crippen LogP contribution is -1.99. The van der Waals surface area contributed by atoms with Crippen molar-refractivity contribution in [3.05, 3.63) is 42.7 Å². The van der Waals surface area contributed by atoms with E-state index in [-0.39, 0.29) is 0 Å². The fraction of sp³-hybridized carbons (Fsp3) is 0.200. The van der Waals surface area contributed by atoms with Gasteiger partial charge >= 0.3 is 0 Å². The summed E-state index contributed by atoms with van der Waals surface area (Å²) in [7, 11) is 0. The van der Waals surface area contributed by atoms with E-state index in [1.807, 2.05) is 24.5 Å². The van der Waals surface area contributed by atoms with Gasteiger partial charge in [-0.15, -0.1) is 10.2 Å². The van der Waals surface area contributed by atoms with Gasteiger partial charge in [-0.25, -0.2) is 0 Å². The predicted octanol–water partition coefficient (Wildman–Crippen LogP) is 3.02. The van der Waals surface area contributed by atoms with Crippen molar-refractivity contribution in [2.24, 2.45) is 0 Å². The third-order valence-electron chi connectivity index (χ3n) is 3.67. The highest BCUT2D eigenvalue weighted by Gasteiger charge is 2.27. The highest BCUT2D eigenvalue weighted by molar-refractivity contribution is 5.92. The fourth-order valence-electron chi connectivity index (χ4n) is 2.51. The Hall–Kier alpha value is -2.36. The third-order valence-corrected chi connectivity index (χ3v) is 3.67. The van der Waals surface area contributed by atoms with Crippen LogP contribution in [0.2, 0.25) is 0 Å². The smallest absolute Gasteiger partial charge is 0.166 e. The quantitative estimate of drug-likeness (QED) is 0.711. The van der Waals surface area contributed by atoms with Crippen LogP contribution in [-0.4, -0.2) is 14.8 Å². The standard InChI is InChI=1S/C15H14N4/c16-14-8-11-4-2-1-3-10(11)7-13(14)15-18-17-9-19(15)12-5-6-12/h1-4,7-9,12H,5-6,16H2. The predicted molar refractivity (Wildman–Crippen MR) is 75.6 cm³/mol. The molecule has 4 nitrogen and oxygen atoms in total. The summed E-state index contributed by atoms with van der Waals surface area (Å²) in [6, 6.07) is 12.9. The number of nitrogen functional groups attached to an aromatic ring is 1. The maximum absolute atomic E-state index is 6.19. The van der Waals surface area contributed by atoms with Crippen molar-refractivity contribution in [1.82, 2.24) is 14.8 Å². The summed E-state index contributed by atoms with van der Waals surface area (Å²) in [6.45, 7) is 0. The molecule has 1 aliphatic rings. The first-order valence-corrected chi connectivity index (χ1v) is 6.51. The SMILES string of the molecule is Nc1cc2ccccc2cc1-c1nncn1C1CC1. The van der Waals surface area contributed by atoms with Crippen LogP contribution in [0.15, 0.2) is 42.7 Å². The number of hydrogen-bond donors (Lipinski definition) is 1. The summed E-state index contributed by atoms with van der Waals surface area (Å²) in [5.41, 5.74) is 7.92. The molecular formula is C15H14N4. The van der Waals surface area contributed by atoms with Gasteiger partial charge in [-0.05, 0) is 35.7 Å². The first-order chi connectivity index (χ1) is 9.33. The van der Waals surface area contributed by atoms with Crippen LogP contribution in [0, 0.1) is 0 Å². The molecule has 2 N–H and O–H groups in total. The van der Waals surface area contributed by atoms with Crippen molar-refractivity contribution in [2.75, 3.05) is 5.73 Å². The van der Waals surface area contributed by atoms with Crippen LogP contribution < -0.4 is 5.73 Å². The molecule has 1 aliphatic carbocycles. The van der Waals surface area contributed by atoms with E-state index < -0.39 is 0 Å². The zero-order chi connectivity index (χ0) is 12.8.